The lowest BCUT2D eigenvalue weighted by molar-refractivity contribution is -0.141. The zero-order valence-corrected chi connectivity index (χ0v) is 9.57. The Bertz CT molecular complexity index is 448. The number of carbonyl (C=O) groups excluding carboxylic acids is 2. The van der Waals surface area contributed by atoms with Crippen LogP contribution in [0.3, 0.4) is 0 Å². The van der Waals surface area contributed by atoms with Crippen molar-refractivity contribution in [3.8, 4) is 0 Å². The molecule has 0 aliphatic heterocycles. The Labute approximate surface area is 98.0 Å². The summed E-state index contributed by atoms with van der Waals surface area (Å²) in [4.78, 5) is 23.9. The van der Waals surface area contributed by atoms with Gasteiger partial charge in [-0.05, 0) is 18.2 Å². The number of nitrogens with two attached hydrogens (primary N) is 1. The van der Waals surface area contributed by atoms with Gasteiger partial charge in [0.2, 0.25) is 0 Å². The van der Waals surface area contributed by atoms with Gasteiger partial charge >= 0.3 is 5.97 Å². The van der Waals surface area contributed by atoms with E-state index < -0.39 is 17.7 Å². The van der Waals surface area contributed by atoms with E-state index in [1.54, 1.807) is 0 Å². The van der Waals surface area contributed by atoms with Gasteiger partial charge in [0.25, 0.3) is 5.91 Å². The van der Waals surface area contributed by atoms with Crippen LogP contribution in [0.2, 0.25) is 0 Å². The fourth-order valence-corrected chi connectivity index (χ4v) is 1.21. The summed E-state index contributed by atoms with van der Waals surface area (Å²) >= 11 is 0. The van der Waals surface area contributed by atoms with Gasteiger partial charge in [-0.15, -0.1) is 0 Å². The van der Waals surface area contributed by atoms with E-state index in [2.05, 4.69) is 4.74 Å². The van der Waals surface area contributed by atoms with Gasteiger partial charge in [0, 0.05) is 12.6 Å². The summed E-state index contributed by atoms with van der Waals surface area (Å²) in [6.45, 7) is -0.193. The van der Waals surface area contributed by atoms with Crippen LogP contribution >= 0.6 is 0 Å². The van der Waals surface area contributed by atoms with Crippen molar-refractivity contribution in [2.24, 2.45) is 0 Å². The second kappa shape index (κ2) is 5.29. The van der Waals surface area contributed by atoms with Crippen molar-refractivity contribution in [1.29, 1.82) is 0 Å². The molecule has 6 heteroatoms. The number of benzene rings is 1. The van der Waals surface area contributed by atoms with Crippen molar-refractivity contribution in [1.82, 2.24) is 4.90 Å². The molecule has 0 saturated heterocycles. The Morgan fingerprint density at radius 3 is 2.65 bits per heavy atom. The number of likely N-dealkylation sites (N-methyl/N-ethyl adjacent to an activating group) is 1. The molecule has 0 aliphatic carbocycles. The first-order valence-corrected chi connectivity index (χ1v) is 4.83. The Kier molecular flexibility index (Phi) is 4.03. The fraction of sp³-hybridized carbons (Fsp3) is 0.273. The summed E-state index contributed by atoms with van der Waals surface area (Å²) in [6.07, 6.45) is 0. The fourth-order valence-electron chi connectivity index (χ4n) is 1.21. The minimum atomic E-state index is -0.665. The molecule has 2 N–H and O–H groups in total. The number of rotatable bonds is 3. The third-order valence-electron chi connectivity index (χ3n) is 2.19. The smallest absolute Gasteiger partial charge is 0.325 e. The molecule has 0 heterocycles. The first-order chi connectivity index (χ1) is 7.95. The highest BCUT2D eigenvalue weighted by Crippen LogP contribution is 2.13. The molecule has 1 aromatic carbocycles. The molecule has 17 heavy (non-hydrogen) atoms. The molecule has 1 amide bonds. The lowest BCUT2D eigenvalue weighted by Gasteiger charge is -2.15. The van der Waals surface area contributed by atoms with Crippen LogP contribution in [-0.2, 0) is 9.53 Å². The van der Waals surface area contributed by atoms with E-state index in [1.165, 1.54) is 26.3 Å². The van der Waals surface area contributed by atoms with Crippen LogP contribution in [0, 0.1) is 5.82 Å². The van der Waals surface area contributed by atoms with E-state index in [-0.39, 0.29) is 17.8 Å². The summed E-state index contributed by atoms with van der Waals surface area (Å²) < 4.78 is 17.6. The number of nitrogens with zero attached hydrogens (tertiary/aromatic N) is 1. The lowest BCUT2D eigenvalue weighted by Crippen LogP contribution is -2.32. The van der Waals surface area contributed by atoms with Gasteiger partial charge in [0.1, 0.15) is 12.4 Å². The number of anilines is 1. The Morgan fingerprint density at radius 2 is 2.12 bits per heavy atom. The molecule has 0 radical (unpaired) electrons. The molecule has 0 aliphatic rings. The first kappa shape index (κ1) is 13.0. The predicted molar refractivity (Wildman–Crippen MR) is 59.8 cm³/mol. The van der Waals surface area contributed by atoms with Gasteiger partial charge in [0.15, 0.2) is 0 Å². The number of amides is 1. The molecule has 1 rings (SSSR count). The topological polar surface area (TPSA) is 72.6 Å². The maximum atomic E-state index is 13.1. The van der Waals surface area contributed by atoms with E-state index in [4.69, 9.17) is 5.73 Å². The second-order valence-corrected chi connectivity index (χ2v) is 3.47. The molecule has 0 bridgehead atoms. The molecular formula is C11H13FN2O3. The lowest BCUT2D eigenvalue weighted by atomic mass is 10.2. The van der Waals surface area contributed by atoms with Gasteiger partial charge in [-0.25, -0.2) is 4.39 Å². The van der Waals surface area contributed by atoms with Gasteiger partial charge in [-0.2, -0.15) is 0 Å². The Hall–Kier alpha value is -2.11. The molecule has 92 valence electrons. The molecule has 0 saturated carbocycles. The molecule has 0 fully saturated rings. The van der Waals surface area contributed by atoms with E-state index in [0.29, 0.717) is 0 Å². The van der Waals surface area contributed by atoms with Gasteiger partial charge < -0.3 is 15.4 Å². The molecular weight excluding hydrogens is 227 g/mol. The van der Waals surface area contributed by atoms with E-state index >= 15 is 0 Å². The Morgan fingerprint density at radius 1 is 1.47 bits per heavy atom. The zero-order valence-electron chi connectivity index (χ0n) is 9.57. The van der Waals surface area contributed by atoms with Gasteiger partial charge in [0.05, 0.1) is 12.8 Å². The minimum Gasteiger partial charge on any atom is -0.468 e. The molecule has 0 unspecified atom stereocenters. The quantitative estimate of drug-likeness (QED) is 0.622. The van der Waals surface area contributed by atoms with Crippen LogP contribution in [0.5, 0.6) is 0 Å². The maximum Gasteiger partial charge on any atom is 0.325 e. The summed E-state index contributed by atoms with van der Waals surface area (Å²) in [7, 11) is 2.65. The first-order valence-electron chi connectivity index (χ1n) is 4.83. The van der Waals surface area contributed by atoms with E-state index in [0.717, 1.165) is 11.0 Å². The predicted octanol–water partition coefficient (Wildman–Crippen LogP) is 0.653. The minimum absolute atomic E-state index is 0.0304. The van der Waals surface area contributed by atoms with Crippen LogP contribution in [0.1, 0.15) is 10.4 Å². The van der Waals surface area contributed by atoms with Crippen LogP contribution in [0.4, 0.5) is 10.1 Å². The van der Waals surface area contributed by atoms with Crippen molar-refractivity contribution in [3.05, 3.63) is 29.6 Å². The zero-order chi connectivity index (χ0) is 13.0. The normalized spacial score (nSPS) is 9.82. The van der Waals surface area contributed by atoms with Crippen molar-refractivity contribution in [3.63, 3.8) is 0 Å². The summed E-state index contributed by atoms with van der Waals surface area (Å²) in [6, 6.07) is 3.73. The number of hydrogen-bond donors (Lipinski definition) is 1. The number of esters is 1. The summed E-state index contributed by atoms with van der Waals surface area (Å²) in [5.41, 5.74) is 5.39. The van der Waals surface area contributed by atoms with Gasteiger partial charge in [-0.1, -0.05) is 0 Å². The highest BCUT2D eigenvalue weighted by molar-refractivity contribution is 5.96. The average Bonchev–Trinajstić information content (AvgIpc) is 2.31. The standard InChI is InChI=1S/C11H13FN2O3/c1-14(6-10(15)17-2)11(16)7-3-4-9(13)8(12)5-7/h3-5H,6,13H2,1-2H3. The van der Waals surface area contributed by atoms with Crippen LogP contribution < -0.4 is 5.73 Å². The highest BCUT2D eigenvalue weighted by Gasteiger charge is 2.16. The third-order valence-corrected chi connectivity index (χ3v) is 2.19. The maximum absolute atomic E-state index is 13.1. The van der Waals surface area contributed by atoms with Crippen molar-refractivity contribution in [2.75, 3.05) is 26.4 Å². The number of nitrogen functional groups attached to an aromatic ring is 1. The summed E-state index contributed by atoms with van der Waals surface area (Å²) in [5, 5.41) is 0. The summed E-state index contributed by atoms with van der Waals surface area (Å²) in [5.74, 6) is -1.69. The Balaban J connectivity index is 2.81. The van der Waals surface area contributed by atoms with Gasteiger partial charge in [-0.3, -0.25) is 9.59 Å². The number of methoxy groups -OCH3 is 1. The SMILES string of the molecule is COC(=O)CN(C)C(=O)c1ccc(N)c(F)c1. The van der Waals surface area contributed by atoms with Crippen molar-refractivity contribution >= 4 is 17.6 Å². The van der Waals surface area contributed by atoms with Crippen LogP contribution in [0.15, 0.2) is 18.2 Å². The largest absolute Gasteiger partial charge is 0.468 e. The number of carbonyl (C=O) groups is 2. The number of halogens is 1. The number of hydrogen-bond acceptors (Lipinski definition) is 4. The molecule has 0 atom stereocenters. The van der Waals surface area contributed by atoms with Crippen LogP contribution in [0.25, 0.3) is 0 Å². The third kappa shape index (κ3) is 3.17. The van der Waals surface area contributed by atoms with Crippen LogP contribution in [-0.4, -0.2) is 37.5 Å². The van der Waals surface area contributed by atoms with Crippen molar-refractivity contribution in [2.45, 2.75) is 0 Å². The molecule has 1 aromatic rings. The van der Waals surface area contributed by atoms with E-state index in [9.17, 15) is 14.0 Å². The second-order valence-electron chi connectivity index (χ2n) is 3.47. The molecule has 5 nitrogen and oxygen atoms in total. The van der Waals surface area contributed by atoms with Crippen molar-refractivity contribution < 1.29 is 18.7 Å². The number of ether oxygens (including phenoxy) is 1. The molecule has 0 aromatic heterocycles. The average molecular weight is 240 g/mol. The molecule has 0 spiro atoms. The monoisotopic (exact) mass is 240 g/mol. The van der Waals surface area contributed by atoms with E-state index in [1.807, 2.05) is 0 Å². The highest BCUT2D eigenvalue weighted by atomic mass is 19.1.